The third-order valence-corrected chi connectivity index (χ3v) is 3.98. The van der Waals surface area contributed by atoms with Crippen LogP contribution in [0.5, 0.6) is 5.75 Å². The van der Waals surface area contributed by atoms with Crippen molar-refractivity contribution in [2.24, 2.45) is 0 Å². The Bertz CT molecular complexity index is 386. The highest BCUT2D eigenvalue weighted by Gasteiger charge is 2.04. The van der Waals surface area contributed by atoms with Gasteiger partial charge in [0, 0.05) is 5.02 Å². The van der Waals surface area contributed by atoms with Gasteiger partial charge in [-0.3, -0.25) is 0 Å². The molecular formula is C16H27ClNO2+. The number of hydrogen-bond acceptors (Lipinski definition) is 2. The van der Waals surface area contributed by atoms with Crippen LogP contribution in [0.4, 0.5) is 0 Å². The van der Waals surface area contributed by atoms with E-state index in [0.29, 0.717) is 19.3 Å². The minimum absolute atomic E-state index is 0.573. The molecule has 0 amide bonds. The van der Waals surface area contributed by atoms with Crippen LogP contribution < -0.4 is 10.1 Å². The second-order valence-electron chi connectivity index (χ2n) is 5.24. The molecule has 1 rings (SSSR count). The second kappa shape index (κ2) is 9.22. The van der Waals surface area contributed by atoms with E-state index in [1.807, 2.05) is 26.0 Å². The van der Waals surface area contributed by atoms with Crippen molar-refractivity contribution >= 4 is 11.6 Å². The number of halogens is 1. The molecule has 0 unspecified atom stereocenters. The van der Waals surface area contributed by atoms with Gasteiger partial charge in [-0.1, -0.05) is 18.5 Å². The van der Waals surface area contributed by atoms with E-state index in [1.165, 1.54) is 6.42 Å². The minimum atomic E-state index is 0.573. The van der Waals surface area contributed by atoms with Crippen molar-refractivity contribution in [2.75, 3.05) is 26.4 Å². The molecule has 3 nitrogen and oxygen atoms in total. The van der Waals surface area contributed by atoms with E-state index in [0.717, 1.165) is 35.1 Å². The van der Waals surface area contributed by atoms with Crippen LogP contribution in [0.2, 0.25) is 5.02 Å². The predicted octanol–water partition coefficient (Wildman–Crippen LogP) is 2.71. The highest BCUT2D eigenvalue weighted by molar-refractivity contribution is 6.32. The van der Waals surface area contributed by atoms with Crippen LogP contribution in [-0.4, -0.2) is 32.4 Å². The summed E-state index contributed by atoms with van der Waals surface area (Å²) in [6.07, 6.45) is 1.19. The van der Waals surface area contributed by atoms with Gasteiger partial charge >= 0.3 is 0 Å². The third kappa shape index (κ3) is 6.12. The number of quaternary nitrogens is 1. The summed E-state index contributed by atoms with van der Waals surface area (Å²) in [4.78, 5) is 0. The van der Waals surface area contributed by atoms with Gasteiger partial charge in [0.2, 0.25) is 0 Å². The number of aryl methyl sites for hydroxylation is 2. The first kappa shape index (κ1) is 17.3. The molecule has 4 heteroatoms. The molecule has 0 spiro atoms. The average molecular weight is 301 g/mol. The lowest BCUT2D eigenvalue weighted by atomic mass is 10.1. The van der Waals surface area contributed by atoms with Gasteiger partial charge in [-0.2, -0.15) is 0 Å². The molecule has 0 saturated carbocycles. The maximum Gasteiger partial charge on any atom is 0.120 e. The van der Waals surface area contributed by atoms with Crippen LogP contribution in [0.15, 0.2) is 12.1 Å². The molecule has 0 fully saturated rings. The fourth-order valence-electron chi connectivity index (χ4n) is 1.91. The number of hydrogen-bond donors (Lipinski definition) is 1. The normalized spacial score (nSPS) is 12.4. The largest absolute Gasteiger partial charge is 0.491 e. The van der Waals surface area contributed by atoms with Crippen molar-refractivity contribution in [2.45, 2.75) is 40.2 Å². The average Bonchev–Trinajstić information content (AvgIpc) is 2.43. The molecule has 0 heterocycles. The van der Waals surface area contributed by atoms with Crippen LogP contribution in [0.25, 0.3) is 0 Å². The first-order valence-electron chi connectivity index (χ1n) is 7.35. The van der Waals surface area contributed by atoms with Gasteiger partial charge in [0.05, 0.1) is 25.8 Å². The Hall–Kier alpha value is -0.770. The van der Waals surface area contributed by atoms with E-state index in [-0.39, 0.29) is 0 Å². The molecular weight excluding hydrogens is 274 g/mol. The van der Waals surface area contributed by atoms with E-state index >= 15 is 0 Å². The van der Waals surface area contributed by atoms with Crippen molar-refractivity contribution in [3.63, 3.8) is 0 Å². The fraction of sp³-hybridized carbons (Fsp3) is 0.625. The molecule has 0 bridgehead atoms. The third-order valence-electron chi connectivity index (χ3n) is 3.38. The van der Waals surface area contributed by atoms with Crippen LogP contribution in [0, 0.1) is 13.8 Å². The van der Waals surface area contributed by atoms with Crippen LogP contribution in [0.3, 0.4) is 0 Å². The molecule has 0 aliphatic heterocycles. The standard InChI is InChI=1S/C16H26ClNO2/c1-5-14(4)18-6-7-19-8-9-20-15-10-12(2)16(17)13(3)11-15/h10-11,14,18H,5-9H2,1-4H3/p+1/t14-/m1/s1. The van der Waals surface area contributed by atoms with E-state index in [1.54, 1.807) is 0 Å². The molecule has 1 aromatic rings. The number of benzene rings is 1. The lowest BCUT2D eigenvalue weighted by Gasteiger charge is -2.11. The lowest BCUT2D eigenvalue weighted by molar-refractivity contribution is -0.687. The summed E-state index contributed by atoms with van der Waals surface area (Å²) in [6.45, 7) is 11.4. The molecule has 0 radical (unpaired) electrons. The summed E-state index contributed by atoms with van der Waals surface area (Å²) in [5, 5.41) is 3.13. The Labute approximate surface area is 127 Å². The summed E-state index contributed by atoms with van der Waals surface area (Å²) in [7, 11) is 0. The molecule has 0 aliphatic rings. The molecule has 0 aromatic heterocycles. The zero-order chi connectivity index (χ0) is 15.0. The summed E-state index contributed by atoms with van der Waals surface area (Å²) in [5.41, 5.74) is 2.09. The SMILES string of the molecule is CC[C@@H](C)[NH2+]CCOCCOc1cc(C)c(Cl)c(C)c1. The van der Waals surface area contributed by atoms with E-state index < -0.39 is 0 Å². The summed E-state index contributed by atoms with van der Waals surface area (Å²) in [5.74, 6) is 0.860. The molecule has 1 aromatic carbocycles. The zero-order valence-corrected chi connectivity index (χ0v) is 13.8. The van der Waals surface area contributed by atoms with Crippen molar-refractivity contribution in [3.05, 3.63) is 28.3 Å². The van der Waals surface area contributed by atoms with Gasteiger partial charge in [0.1, 0.15) is 12.4 Å². The van der Waals surface area contributed by atoms with Crippen molar-refractivity contribution in [1.29, 1.82) is 0 Å². The molecule has 1 atom stereocenters. The van der Waals surface area contributed by atoms with Crippen LogP contribution in [-0.2, 0) is 4.74 Å². The van der Waals surface area contributed by atoms with Gasteiger partial charge in [-0.15, -0.1) is 0 Å². The van der Waals surface area contributed by atoms with Gasteiger partial charge in [-0.05, 0) is 50.5 Å². The Kier molecular flexibility index (Phi) is 7.97. The Morgan fingerprint density at radius 1 is 1.15 bits per heavy atom. The molecule has 2 N–H and O–H groups in total. The van der Waals surface area contributed by atoms with Crippen molar-refractivity contribution < 1.29 is 14.8 Å². The molecule has 0 saturated heterocycles. The van der Waals surface area contributed by atoms with Gasteiger partial charge in [0.15, 0.2) is 0 Å². The zero-order valence-electron chi connectivity index (χ0n) is 13.0. The molecule has 114 valence electrons. The van der Waals surface area contributed by atoms with Gasteiger partial charge in [0.25, 0.3) is 0 Å². The van der Waals surface area contributed by atoms with E-state index in [2.05, 4.69) is 19.2 Å². The Morgan fingerprint density at radius 2 is 1.80 bits per heavy atom. The summed E-state index contributed by atoms with van der Waals surface area (Å²) < 4.78 is 11.2. The van der Waals surface area contributed by atoms with Crippen LogP contribution >= 0.6 is 11.6 Å². The molecule has 20 heavy (non-hydrogen) atoms. The van der Waals surface area contributed by atoms with Crippen molar-refractivity contribution in [1.82, 2.24) is 0 Å². The highest BCUT2D eigenvalue weighted by atomic mass is 35.5. The van der Waals surface area contributed by atoms with Gasteiger partial charge < -0.3 is 14.8 Å². The van der Waals surface area contributed by atoms with Crippen LogP contribution in [0.1, 0.15) is 31.4 Å². The van der Waals surface area contributed by atoms with Gasteiger partial charge in [-0.25, -0.2) is 0 Å². The minimum Gasteiger partial charge on any atom is -0.491 e. The maximum atomic E-state index is 6.12. The second-order valence-corrected chi connectivity index (χ2v) is 5.62. The topological polar surface area (TPSA) is 35.1 Å². The summed E-state index contributed by atoms with van der Waals surface area (Å²) in [6, 6.07) is 4.60. The first-order valence-corrected chi connectivity index (χ1v) is 7.73. The van der Waals surface area contributed by atoms with E-state index in [9.17, 15) is 0 Å². The highest BCUT2D eigenvalue weighted by Crippen LogP contribution is 2.25. The maximum absolute atomic E-state index is 6.12. The lowest BCUT2D eigenvalue weighted by Crippen LogP contribution is -2.90. The first-order chi connectivity index (χ1) is 9.54. The monoisotopic (exact) mass is 300 g/mol. The van der Waals surface area contributed by atoms with Crippen molar-refractivity contribution in [3.8, 4) is 5.75 Å². The quantitative estimate of drug-likeness (QED) is 0.712. The fourth-order valence-corrected chi connectivity index (χ4v) is 2.02. The van der Waals surface area contributed by atoms with E-state index in [4.69, 9.17) is 21.1 Å². The smallest absolute Gasteiger partial charge is 0.120 e. The number of rotatable bonds is 9. The molecule has 0 aliphatic carbocycles. The summed E-state index contributed by atoms with van der Waals surface area (Å²) >= 11 is 6.12. The number of ether oxygens (including phenoxy) is 2. The Morgan fingerprint density at radius 3 is 2.40 bits per heavy atom. The predicted molar refractivity (Wildman–Crippen MR) is 83.8 cm³/mol. The number of nitrogens with two attached hydrogens (primary N) is 1. The Balaban J connectivity index is 2.16.